The van der Waals surface area contributed by atoms with Crippen molar-refractivity contribution in [3.63, 3.8) is 0 Å². The molecular weight excluding hydrogens is 234 g/mol. The van der Waals surface area contributed by atoms with Crippen LogP contribution in [0.2, 0.25) is 0 Å². The Hall–Kier alpha value is -1.30. The van der Waals surface area contributed by atoms with Crippen LogP contribution in [0.1, 0.15) is 27.2 Å². The number of amides is 2. The van der Waals surface area contributed by atoms with E-state index in [2.05, 4.69) is 5.32 Å². The first kappa shape index (κ1) is 14.8. The minimum Gasteiger partial charge on any atom is -0.444 e. The molecule has 1 saturated heterocycles. The standard InChI is InChI=1S/C12H23N3O3/c1-12(2,3)18-11(17)15-7-9(8-15)6-14-5-4-10(13)16/h9,14H,4-8H2,1-3H3,(H2,13,16). The van der Waals surface area contributed by atoms with Gasteiger partial charge in [0.1, 0.15) is 5.60 Å². The summed E-state index contributed by atoms with van der Waals surface area (Å²) in [4.78, 5) is 23.8. The molecule has 1 fully saturated rings. The van der Waals surface area contributed by atoms with Crippen LogP contribution in [0, 0.1) is 5.92 Å². The minimum absolute atomic E-state index is 0.254. The number of primary amides is 1. The predicted molar refractivity (Wildman–Crippen MR) is 68.0 cm³/mol. The molecule has 1 heterocycles. The number of hydrogen-bond donors (Lipinski definition) is 2. The van der Waals surface area contributed by atoms with E-state index in [4.69, 9.17) is 10.5 Å². The summed E-state index contributed by atoms with van der Waals surface area (Å²) in [6.07, 6.45) is 0.0959. The second kappa shape index (κ2) is 6.04. The Balaban J connectivity index is 2.09. The summed E-state index contributed by atoms with van der Waals surface area (Å²) >= 11 is 0. The van der Waals surface area contributed by atoms with E-state index in [1.807, 2.05) is 20.8 Å². The maximum Gasteiger partial charge on any atom is 0.410 e. The van der Waals surface area contributed by atoms with E-state index in [9.17, 15) is 9.59 Å². The second-order valence-corrected chi connectivity index (χ2v) is 5.67. The molecule has 1 aliphatic rings. The topological polar surface area (TPSA) is 84.7 Å². The summed E-state index contributed by atoms with van der Waals surface area (Å²) in [7, 11) is 0. The summed E-state index contributed by atoms with van der Waals surface area (Å²) in [5.41, 5.74) is 4.59. The van der Waals surface area contributed by atoms with Crippen LogP contribution in [0.4, 0.5) is 4.79 Å². The van der Waals surface area contributed by atoms with E-state index in [0.717, 1.165) is 6.54 Å². The quantitative estimate of drug-likeness (QED) is 0.695. The average Bonchev–Trinajstić information content (AvgIpc) is 2.10. The van der Waals surface area contributed by atoms with Crippen LogP contribution in [-0.2, 0) is 9.53 Å². The number of nitrogens with two attached hydrogens (primary N) is 1. The smallest absolute Gasteiger partial charge is 0.410 e. The van der Waals surface area contributed by atoms with Gasteiger partial charge in [-0.3, -0.25) is 4.79 Å². The Morgan fingerprint density at radius 2 is 2.00 bits per heavy atom. The van der Waals surface area contributed by atoms with Gasteiger partial charge in [-0.15, -0.1) is 0 Å². The number of carbonyl (C=O) groups excluding carboxylic acids is 2. The van der Waals surface area contributed by atoms with Crippen molar-refractivity contribution in [2.24, 2.45) is 11.7 Å². The van der Waals surface area contributed by atoms with Crippen molar-refractivity contribution >= 4 is 12.0 Å². The number of nitrogens with one attached hydrogen (secondary N) is 1. The van der Waals surface area contributed by atoms with Gasteiger partial charge in [0.2, 0.25) is 5.91 Å². The molecule has 0 atom stereocenters. The van der Waals surface area contributed by atoms with Crippen LogP contribution in [0.3, 0.4) is 0 Å². The highest BCUT2D eigenvalue weighted by Gasteiger charge is 2.33. The molecule has 0 saturated carbocycles. The van der Waals surface area contributed by atoms with E-state index in [1.54, 1.807) is 4.90 Å². The molecule has 2 amide bonds. The Morgan fingerprint density at radius 3 is 2.50 bits per heavy atom. The monoisotopic (exact) mass is 257 g/mol. The van der Waals surface area contributed by atoms with Crippen molar-refractivity contribution in [3.8, 4) is 0 Å². The highest BCUT2D eigenvalue weighted by atomic mass is 16.6. The number of rotatable bonds is 5. The van der Waals surface area contributed by atoms with Crippen molar-refractivity contribution in [3.05, 3.63) is 0 Å². The van der Waals surface area contributed by atoms with Gasteiger partial charge in [-0.1, -0.05) is 0 Å². The molecule has 6 nitrogen and oxygen atoms in total. The summed E-state index contributed by atoms with van der Waals surface area (Å²) in [6.45, 7) is 8.37. The van der Waals surface area contributed by atoms with Crippen molar-refractivity contribution in [2.45, 2.75) is 32.8 Å². The van der Waals surface area contributed by atoms with Gasteiger partial charge in [0, 0.05) is 38.5 Å². The number of likely N-dealkylation sites (tertiary alicyclic amines) is 1. The summed E-state index contributed by atoms with van der Waals surface area (Å²) in [5, 5.41) is 3.15. The van der Waals surface area contributed by atoms with E-state index in [-0.39, 0.29) is 12.0 Å². The van der Waals surface area contributed by atoms with Gasteiger partial charge >= 0.3 is 6.09 Å². The molecule has 3 N–H and O–H groups in total. The molecule has 0 aromatic carbocycles. The lowest BCUT2D eigenvalue weighted by atomic mass is 10.0. The molecule has 0 aromatic rings. The van der Waals surface area contributed by atoms with Crippen LogP contribution in [0.15, 0.2) is 0 Å². The first-order chi connectivity index (χ1) is 8.28. The van der Waals surface area contributed by atoms with Gasteiger partial charge in [0.15, 0.2) is 0 Å². The Bertz CT molecular complexity index is 306. The lowest BCUT2D eigenvalue weighted by Crippen LogP contribution is -2.54. The lowest BCUT2D eigenvalue weighted by Gasteiger charge is -2.39. The molecular formula is C12H23N3O3. The maximum absolute atomic E-state index is 11.6. The third-order valence-corrected chi connectivity index (χ3v) is 2.59. The van der Waals surface area contributed by atoms with E-state index in [0.29, 0.717) is 32.0 Å². The molecule has 0 radical (unpaired) electrons. The molecule has 104 valence electrons. The third-order valence-electron chi connectivity index (χ3n) is 2.59. The van der Waals surface area contributed by atoms with Crippen molar-refractivity contribution < 1.29 is 14.3 Å². The molecule has 0 aliphatic carbocycles. The number of hydrogen-bond acceptors (Lipinski definition) is 4. The first-order valence-corrected chi connectivity index (χ1v) is 6.25. The van der Waals surface area contributed by atoms with Gasteiger partial charge in [-0.05, 0) is 20.8 Å². The molecule has 6 heteroatoms. The minimum atomic E-state index is -0.443. The van der Waals surface area contributed by atoms with E-state index >= 15 is 0 Å². The van der Waals surface area contributed by atoms with Crippen LogP contribution < -0.4 is 11.1 Å². The Morgan fingerprint density at radius 1 is 1.39 bits per heavy atom. The summed E-state index contributed by atoms with van der Waals surface area (Å²) in [5.74, 6) is 0.136. The van der Waals surface area contributed by atoms with Gasteiger partial charge in [-0.2, -0.15) is 0 Å². The molecule has 0 unspecified atom stereocenters. The normalized spacial score (nSPS) is 16.3. The molecule has 0 spiro atoms. The SMILES string of the molecule is CC(C)(C)OC(=O)N1CC(CNCCC(N)=O)C1. The largest absolute Gasteiger partial charge is 0.444 e. The highest BCUT2D eigenvalue weighted by molar-refractivity contribution is 5.73. The number of carbonyl (C=O) groups is 2. The van der Waals surface area contributed by atoms with Gasteiger partial charge in [-0.25, -0.2) is 4.79 Å². The van der Waals surface area contributed by atoms with Crippen molar-refractivity contribution in [1.29, 1.82) is 0 Å². The van der Waals surface area contributed by atoms with Crippen molar-refractivity contribution in [2.75, 3.05) is 26.2 Å². The zero-order valence-corrected chi connectivity index (χ0v) is 11.4. The fourth-order valence-electron chi connectivity index (χ4n) is 1.69. The fourth-order valence-corrected chi connectivity index (χ4v) is 1.69. The van der Waals surface area contributed by atoms with Crippen LogP contribution in [0.25, 0.3) is 0 Å². The van der Waals surface area contributed by atoms with Crippen LogP contribution in [0.5, 0.6) is 0 Å². The summed E-state index contributed by atoms with van der Waals surface area (Å²) < 4.78 is 5.25. The number of ether oxygens (including phenoxy) is 1. The van der Waals surface area contributed by atoms with Gasteiger partial charge < -0.3 is 20.7 Å². The second-order valence-electron chi connectivity index (χ2n) is 5.67. The van der Waals surface area contributed by atoms with Gasteiger partial charge in [0.25, 0.3) is 0 Å². The lowest BCUT2D eigenvalue weighted by molar-refractivity contribution is -0.117. The molecule has 0 aromatic heterocycles. The number of nitrogens with zero attached hydrogens (tertiary/aromatic N) is 1. The third kappa shape index (κ3) is 5.35. The zero-order valence-electron chi connectivity index (χ0n) is 11.4. The Kier molecular flexibility index (Phi) is 4.95. The molecule has 0 bridgehead atoms. The van der Waals surface area contributed by atoms with Gasteiger partial charge in [0.05, 0.1) is 0 Å². The molecule has 1 rings (SSSR count). The predicted octanol–water partition coefficient (Wildman–Crippen LogP) is 0.318. The zero-order chi connectivity index (χ0) is 13.8. The van der Waals surface area contributed by atoms with E-state index < -0.39 is 5.60 Å². The molecule has 18 heavy (non-hydrogen) atoms. The average molecular weight is 257 g/mol. The van der Waals surface area contributed by atoms with E-state index in [1.165, 1.54) is 0 Å². The van der Waals surface area contributed by atoms with Crippen LogP contribution >= 0.6 is 0 Å². The Labute approximate surface area is 108 Å². The highest BCUT2D eigenvalue weighted by Crippen LogP contribution is 2.18. The first-order valence-electron chi connectivity index (χ1n) is 6.25. The van der Waals surface area contributed by atoms with Crippen molar-refractivity contribution in [1.82, 2.24) is 10.2 Å². The molecule has 1 aliphatic heterocycles. The fraction of sp³-hybridized carbons (Fsp3) is 0.833. The van der Waals surface area contributed by atoms with Crippen LogP contribution in [-0.4, -0.2) is 48.7 Å². The maximum atomic E-state index is 11.6. The summed E-state index contributed by atoms with van der Waals surface area (Å²) in [6, 6.07) is 0.